The third kappa shape index (κ3) is 2.74. The molecule has 0 bridgehead atoms. The van der Waals surface area contributed by atoms with E-state index in [2.05, 4.69) is 5.32 Å². The van der Waals surface area contributed by atoms with Crippen LogP contribution in [0.1, 0.15) is 13.3 Å². The molecule has 1 saturated heterocycles. The Morgan fingerprint density at radius 2 is 2.36 bits per heavy atom. The summed E-state index contributed by atoms with van der Waals surface area (Å²) < 4.78 is 0. The Morgan fingerprint density at radius 1 is 1.71 bits per heavy atom. The molecule has 14 heavy (non-hydrogen) atoms. The first-order chi connectivity index (χ1) is 6.50. The van der Waals surface area contributed by atoms with Crippen molar-refractivity contribution in [2.24, 2.45) is 5.73 Å². The molecule has 78 valence electrons. The summed E-state index contributed by atoms with van der Waals surface area (Å²) in [7, 11) is 0. The minimum Gasteiger partial charge on any atom is -0.393 e. The van der Waals surface area contributed by atoms with Gasteiger partial charge in [-0.25, -0.2) is 0 Å². The number of rotatable bonds is 3. The highest BCUT2D eigenvalue weighted by Crippen LogP contribution is 2.05. The van der Waals surface area contributed by atoms with Crippen LogP contribution in [0.25, 0.3) is 0 Å². The number of thiocarbonyl (C=S) groups is 1. The number of nitrogens with one attached hydrogen (secondary N) is 1. The fourth-order valence-electron chi connectivity index (χ4n) is 1.30. The van der Waals surface area contributed by atoms with E-state index in [1.165, 1.54) is 0 Å². The molecule has 0 aliphatic carbocycles. The molecule has 6 heteroatoms. The van der Waals surface area contributed by atoms with Crippen LogP contribution in [0.3, 0.4) is 0 Å². The van der Waals surface area contributed by atoms with Gasteiger partial charge in [0.2, 0.25) is 11.8 Å². The molecule has 1 unspecified atom stereocenters. The smallest absolute Gasteiger partial charge is 0.243 e. The summed E-state index contributed by atoms with van der Waals surface area (Å²) in [5.41, 5.74) is 5.34. The number of nitrogens with two attached hydrogens (primary N) is 1. The molecule has 0 aromatic carbocycles. The summed E-state index contributed by atoms with van der Waals surface area (Å²) in [6.07, 6.45) is 0.528. The van der Waals surface area contributed by atoms with Gasteiger partial charge in [0.1, 0.15) is 0 Å². The Hall–Kier alpha value is -1.01. The van der Waals surface area contributed by atoms with E-state index in [1.807, 2.05) is 0 Å². The summed E-state index contributed by atoms with van der Waals surface area (Å²) in [5.74, 6) is -0.528. The number of nitrogens with zero attached hydrogens (tertiary/aromatic N) is 1. The lowest BCUT2D eigenvalue weighted by molar-refractivity contribution is -0.139. The van der Waals surface area contributed by atoms with Crippen LogP contribution in [0.15, 0.2) is 0 Å². The lowest BCUT2D eigenvalue weighted by Gasteiger charge is -2.31. The summed E-state index contributed by atoms with van der Waals surface area (Å²) in [6, 6.07) is -0.290. The molecule has 5 nitrogen and oxygen atoms in total. The number of hydrogen-bond donors (Lipinski definition) is 2. The number of piperazine rings is 1. The van der Waals surface area contributed by atoms with Gasteiger partial charge in [-0.15, -0.1) is 0 Å². The standard InChI is InChI=1S/C8H13N3O2S/c1-5-8(13)10-7(12)4-11(5)3-2-6(9)14/h5H,2-4H2,1H3,(H2,9,14)(H,10,12,13). The molecule has 1 rings (SSSR count). The topological polar surface area (TPSA) is 75.4 Å². The maximum atomic E-state index is 11.2. The highest BCUT2D eigenvalue weighted by molar-refractivity contribution is 7.80. The van der Waals surface area contributed by atoms with Crippen molar-refractivity contribution >= 4 is 29.0 Å². The Kier molecular flexibility index (Phi) is 3.54. The van der Waals surface area contributed by atoms with Gasteiger partial charge in [0, 0.05) is 13.0 Å². The first-order valence-corrected chi connectivity index (χ1v) is 4.77. The highest BCUT2D eigenvalue weighted by Gasteiger charge is 2.29. The molecule has 1 aliphatic heterocycles. The third-order valence-electron chi connectivity index (χ3n) is 2.18. The number of imide groups is 1. The lowest BCUT2D eigenvalue weighted by atomic mass is 10.2. The zero-order valence-corrected chi connectivity index (χ0v) is 8.76. The summed E-state index contributed by atoms with van der Waals surface area (Å²) in [6.45, 7) is 2.53. The summed E-state index contributed by atoms with van der Waals surface area (Å²) in [4.78, 5) is 24.4. The van der Waals surface area contributed by atoms with Crippen molar-refractivity contribution in [3.63, 3.8) is 0 Å². The van der Waals surface area contributed by atoms with Crippen molar-refractivity contribution in [2.75, 3.05) is 13.1 Å². The molecule has 1 heterocycles. The van der Waals surface area contributed by atoms with Crippen molar-refractivity contribution in [3.05, 3.63) is 0 Å². The van der Waals surface area contributed by atoms with E-state index in [4.69, 9.17) is 18.0 Å². The zero-order valence-electron chi connectivity index (χ0n) is 7.95. The minimum absolute atomic E-state index is 0.232. The Balaban J connectivity index is 2.53. The average Bonchev–Trinajstić information content (AvgIpc) is 2.08. The van der Waals surface area contributed by atoms with Crippen molar-refractivity contribution in [2.45, 2.75) is 19.4 Å². The van der Waals surface area contributed by atoms with Gasteiger partial charge in [-0.2, -0.15) is 0 Å². The van der Waals surface area contributed by atoms with E-state index in [-0.39, 0.29) is 24.4 Å². The van der Waals surface area contributed by atoms with Gasteiger partial charge in [-0.3, -0.25) is 19.8 Å². The van der Waals surface area contributed by atoms with Crippen LogP contribution < -0.4 is 11.1 Å². The van der Waals surface area contributed by atoms with Gasteiger partial charge in [0.05, 0.1) is 17.6 Å². The van der Waals surface area contributed by atoms with Crippen LogP contribution in [-0.2, 0) is 9.59 Å². The van der Waals surface area contributed by atoms with E-state index in [0.29, 0.717) is 18.0 Å². The predicted octanol–water partition coefficient (Wildman–Crippen LogP) is -0.990. The highest BCUT2D eigenvalue weighted by atomic mass is 32.1. The van der Waals surface area contributed by atoms with Gasteiger partial charge in [-0.1, -0.05) is 12.2 Å². The van der Waals surface area contributed by atoms with Crippen LogP contribution in [0.2, 0.25) is 0 Å². The fraction of sp³-hybridized carbons (Fsp3) is 0.625. The second-order valence-electron chi connectivity index (χ2n) is 3.28. The van der Waals surface area contributed by atoms with Crippen molar-refractivity contribution < 1.29 is 9.59 Å². The van der Waals surface area contributed by atoms with E-state index in [0.717, 1.165) is 0 Å². The number of carbonyl (C=O) groups is 2. The number of amides is 2. The molecular weight excluding hydrogens is 202 g/mol. The lowest BCUT2D eigenvalue weighted by Crippen LogP contribution is -2.57. The molecule has 0 aromatic heterocycles. The van der Waals surface area contributed by atoms with Crippen LogP contribution in [0.4, 0.5) is 0 Å². The van der Waals surface area contributed by atoms with Gasteiger partial charge >= 0.3 is 0 Å². The number of carbonyl (C=O) groups excluding carboxylic acids is 2. The minimum atomic E-state index is -0.290. The first-order valence-electron chi connectivity index (χ1n) is 4.36. The molecule has 0 aromatic rings. The largest absolute Gasteiger partial charge is 0.393 e. The van der Waals surface area contributed by atoms with E-state index in [1.54, 1.807) is 11.8 Å². The second kappa shape index (κ2) is 4.47. The van der Waals surface area contributed by atoms with Crippen LogP contribution in [-0.4, -0.2) is 40.8 Å². The Labute approximate surface area is 87.6 Å². The number of hydrogen-bond acceptors (Lipinski definition) is 4. The van der Waals surface area contributed by atoms with Gasteiger partial charge in [-0.05, 0) is 6.92 Å². The van der Waals surface area contributed by atoms with E-state index in [9.17, 15) is 9.59 Å². The second-order valence-corrected chi connectivity index (χ2v) is 3.80. The Bertz CT molecular complexity index is 280. The molecule has 1 aliphatic rings. The zero-order chi connectivity index (χ0) is 10.7. The quantitative estimate of drug-likeness (QED) is 0.467. The summed E-state index contributed by atoms with van der Waals surface area (Å²) >= 11 is 4.73. The molecule has 0 radical (unpaired) electrons. The monoisotopic (exact) mass is 215 g/mol. The van der Waals surface area contributed by atoms with Crippen LogP contribution in [0, 0.1) is 0 Å². The SMILES string of the molecule is CC1C(=O)NC(=O)CN1CCC(N)=S. The fourth-order valence-corrected chi connectivity index (χ4v) is 1.39. The molecular formula is C8H13N3O2S. The molecule has 3 N–H and O–H groups in total. The summed E-state index contributed by atoms with van der Waals surface area (Å²) in [5, 5.41) is 2.26. The average molecular weight is 215 g/mol. The van der Waals surface area contributed by atoms with Gasteiger partial charge < -0.3 is 5.73 Å². The first kappa shape index (κ1) is 11.1. The molecule has 2 amide bonds. The normalized spacial score (nSPS) is 23.4. The van der Waals surface area contributed by atoms with Crippen LogP contribution >= 0.6 is 12.2 Å². The molecule has 1 fully saturated rings. The molecule has 0 spiro atoms. The molecule has 0 saturated carbocycles. The van der Waals surface area contributed by atoms with Crippen molar-refractivity contribution in [1.82, 2.24) is 10.2 Å². The maximum Gasteiger partial charge on any atom is 0.243 e. The van der Waals surface area contributed by atoms with Gasteiger partial charge in [0.15, 0.2) is 0 Å². The van der Waals surface area contributed by atoms with E-state index >= 15 is 0 Å². The van der Waals surface area contributed by atoms with Crippen molar-refractivity contribution in [3.8, 4) is 0 Å². The third-order valence-corrected chi connectivity index (χ3v) is 2.39. The van der Waals surface area contributed by atoms with E-state index < -0.39 is 0 Å². The van der Waals surface area contributed by atoms with Crippen molar-refractivity contribution in [1.29, 1.82) is 0 Å². The van der Waals surface area contributed by atoms with Crippen LogP contribution in [0.5, 0.6) is 0 Å². The molecule has 1 atom stereocenters. The van der Waals surface area contributed by atoms with Gasteiger partial charge in [0.25, 0.3) is 0 Å². The maximum absolute atomic E-state index is 11.2. The Morgan fingerprint density at radius 3 is 2.93 bits per heavy atom. The predicted molar refractivity (Wildman–Crippen MR) is 55.6 cm³/mol.